The summed E-state index contributed by atoms with van der Waals surface area (Å²) in [5, 5.41) is 13.2. The maximum absolute atomic E-state index is 13.3. The van der Waals surface area contributed by atoms with Crippen molar-refractivity contribution in [2.45, 2.75) is 19.1 Å². The lowest BCUT2D eigenvalue weighted by atomic mass is 10.0. The molecule has 2 N–H and O–H groups in total. The number of alkyl halides is 3. The van der Waals surface area contributed by atoms with Gasteiger partial charge in [0.2, 0.25) is 5.91 Å². The van der Waals surface area contributed by atoms with Crippen LogP contribution in [0.5, 0.6) is 0 Å². The van der Waals surface area contributed by atoms with Crippen LogP contribution in [-0.4, -0.2) is 65.0 Å². The fourth-order valence-electron chi connectivity index (χ4n) is 3.80. The van der Waals surface area contributed by atoms with Crippen LogP contribution in [0.15, 0.2) is 30.3 Å². The molecule has 1 aromatic heterocycles. The molecule has 2 aliphatic rings. The van der Waals surface area contributed by atoms with Crippen molar-refractivity contribution < 1.29 is 27.6 Å². The summed E-state index contributed by atoms with van der Waals surface area (Å²) in [4.78, 5) is 40.4. The second-order valence-corrected chi connectivity index (χ2v) is 7.32. The number of rotatable bonds is 3. The average molecular weight is 448 g/mol. The van der Waals surface area contributed by atoms with E-state index in [1.54, 1.807) is 11.8 Å². The molecule has 1 fully saturated rings. The Morgan fingerprint density at radius 2 is 1.97 bits per heavy atom. The third-order valence-corrected chi connectivity index (χ3v) is 5.31. The number of halogens is 3. The van der Waals surface area contributed by atoms with Gasteiger partial charge in [-0.25, -0.2) is 0 Å². The predicted octanol–water partition coefficient (Wildman–Crippen LogP) is 1.53. The number of nitrogens with zero attached hydrogens (tertiary/aromatic N) is 4. The molecule has 1 atom stereocenters. The molecule has 1 unspecified atom stereocenters. The maximum Gasteiger partial charge on any atom is 0.417 e. The number of benzene rings is 1. The van der Waals surface area contributed by atoms with E-state index in [4.69, 9.17) is 0 Å². The number of hydrogen-bond donors (Lipinski definition) is 2. The van der Waals surface area contributed by atoms with Gasteiger partial charge in [0.05, 0.1) is 23.4 Å². The van der Waals surface area contributed by atoms with Gasteiger partial charge in [-0.05, 0) is 25.1 Å². The van der Waals surface area contributed by atoms with Crippen molar-refractivity contribution in [2.24, 2.45) is 0 Å². The van der Waals surface area contributed by atoms with Gasteiger partial charge >= 0.3 is 6.18 Å². The molecule has 0 aliphatic carbocycles. The molecule has 32 heavy (non-hydrogen) atoms. The van der Waals surface area contributed by atoms with Gasteiger partial charge < -0.3 is 20.4 Å². The van der Waals surface area contributed by atoms with Crippen molar-refractivity contribution >= 4 is 29.2 Å². The summed E-state index contributed by atoms with van der Waals surface area (Å²) < 4.78 is 40.0. The second kappa shape index (κ2) is 8.09. The smallest absolute Gasteiger partial charge is 0.351 e. The first-order chi connectivity index (χ1) is 15.2. The molecule has 9 nitrogen and oxygen atoms in total. The zero-order valence-corrected chi connectivity index (χ0v) is 16.9. The van der Waals surface area contributed by atoms with Crippen molar-refractivity contribution in [1.29, 1.82) is 0 Å². The van der Waals surface area contributed by atoms with Crippen molar-refractivity contribution in [3.63, 3.8) is 0 Å². The normalized spacial score (nSPS) is 17.9. The lowest BCUT2D eigenvalue weighted by molar-refractivity contribution is -0.138. The third kappa shape index (κ3) is 3.83. The molecule has 3 amide bonds. The third-order valence-electron chi connectivity index (χ3n) is 5.31. The highest BCUT2D eigenvalue weighted by Crippen LogP contribution is 2.34. The van der Waals surface area contributed by atoms with Crippen LogP contribution in [0.2, 0.25) is 0 Å². The van der Waals surface area contributed by atoms with E-state index >= 15 is 0 Å². The molecule has 0 saturated carbocycles. The van der Waals surface area contributed by atoms with E-state index in [1.165, 1.54) is 23.1 Å². The van der Waals surface area contributed by atoms with E-state index < -0.39 is 41.1 Å². The highest BCUT2D eigenvalue weighted by atomic mass is 19.4. The van der Waals surface area contributed by atoms with E-state index in [0.29, 0.717) is 18.1 Å². The molecular formula is C20H19F3N6O3. The highest BCUT2D eigenvalue weighted by molar-refractivity contribution is 6.05. The van der Waals surface area contributed by atoms with Crippen LogP contribution >= 0.6 is 0 Å². The van der Waals surface area contributed by atoms with Gasteiger partial charge in [0.1, 0.15) is 6.04 Å². The number of amides is 3. The number of piperazine rings is 1. The minimum atomic E-state index is -4.67. The fourth-order valence-corrected chi connectivity index (χ4v) is 3.80. The van der Waals surface area contributed by atoms with Crippen LogP contribution in [0.4, 0.5) is 24.7 Å². The number of aromatic nitrogens is 2. The molecule has 4 rings (SSSR count). The Bertz CT molecular complexity index is 1090. The summed E-state index contributed by atoms with van der Waals surface area (Å²) in [5.41, 5.74) is -1.13. The number of anilines is 2. The lowest BCUT2D eigenvalue weighted by Gasteiger charge is -2.44. The number of nitrogens with one attached hydrogen (secondary N) is 2. The Kier molecular flexibility index (Phi) is 5.45. The van der Waals surface area contributed by atoms with Gasteiger partial charge in [0.15, 0.2) is 11.5 Å². The minimum absolute atomic E-state index is 0.0434. The van der Waals surface area contributed by atoms with Crippen molar-refractivity contribution in [1.82, 2.24) is 20.4 Å². The first-order valence-electron chi connectivity index (χ1n) is 9.89. The first kappa shape index (κ1) is 21.5. The summed E-state index contributed by atoms with van der Waals surface area (Å²) in [5.74, 6) is -1.34. The van der Waals surface area contributed by atoms with E-state index in [-0.39, 0.29) is 25.3 Å². The molecule has 2 aromatic rings. The Labute approximate surface area is 180 Å². The first-order valence-corrected chi connectivity index (χ1v) is 9.89. The maximum atomic E-state index is 13.3. The predicted molar refractivity (Wildman–Crippen MR) is 107 cm³/mol. The minimum Gasteiger partial charge on any atom is -0.351 e. The second-order valence-electron chi connectivity index (χ2n) is 7.32. The van der Waals surface area contributed by atoms with Crippen LogP contribution < -0.4 is 15.5 Å². The molecule has 1 saturated heterocycles. The van der Waals surface area contributed by atoms with Crippen molar-refractivity contribution in [2.75, 3.05) is 36.4 Å². The van der Waals surface area contributed by atoms with Gasteiger partial charge in [-0.1, -0.05) is 12.1 Å². The lowest BCUT2D eigenvalue weighted by Crippen LogP contribution is -2.61. The van der Waals surface area contributed by atoms with Gasteiger partial charge in [-0.3, -0.25) is 14.4 Å². The zero-order chi connectivity index (χ0) is 23.0. The zero-order valence-electron chi connectivity index (χ0n) is 16.9. The van der Waals surface area contributed by atoms with E-state index in [2.05, 4.69) is 20.8 Å². The van der Waals surface area contributed by atoms with Crippen molar-refractivity contribution in [3.8, 4) is 0 Å². The monoisotopic (exact) mass is 448 g/mol. The van der Waals surface area contributed by atoms with Crippen molar-refractivity contribution in [3.05, 3.63) is 47.2 Å². The summed E-state index contributed by atoms with van der Waals surface area (Å²) in [7, 11) is 0. The number of carbonyl (C=O) groups excluding carboxylic acids is 3. The molecule has 1 aromatic carbocycles. The SMILES string of the molecule is CCNC(=O)c1cc2c(nn1)N1CCN(C(=O)c3ccccc3C(F)(F)F)CC1C(=O)N2. The van der Waals surface area contributed by atoms with Gasteiger partial charge in [-0.15, -0.1) is 10.2 Å². The van der Waals surface area contributed by atoms with E-state index in [0.717, 1.165) is 12.1 Å². The molecule has 0 spiro atoms. The fraction of sp³-hybridized carbons (Fsp3) is 0.350. The topological polar surface area (TPSA) is 108 Å². The Morgan fingerprint density at radius 3 is 2.69 bits per heavy atom. The molecule has 12 heteroatoms. The van der Waals surface area contributed by atoms with Gasteiger partial charge in [0, 0.05) is 19.6 Å². The molecule has 3 heterocycles. The quantitative estimate of drug-likeness (QED) is 0.738. The number of hydrogen-bond acceptors (Lipinski definition) is 6. The summed E-state index contributed by atoms with van der Waals surface area (Å²) in [6.07, 6.45) is -4.67. The Hall–Kier alpha value is -3.70. The molecular weight excluding hydrogens is 429 g/mol. The standard InChI is InChI=1S/C20H19F3N6O3/c1-2-24-17(30)14-9-13-16(27-26-14)29-8-7-28(10-15(29)18(31)25-13)19(32)11-5-3-4-6-12(11)20(21,22)23/h3-6,9,15H,2,7-8,10H2,1H3,(H,24,30)(H,25,31). The summed E-state index contributed by atoms with van der Waals surface area (Å²) in [6, 6.07) is 5.14. The molecule has 0 radical (unpaired) electrons. The van der Waals surface area contributed by atoms with E-state index in [1.807, 2.05) is 0 Å². The largest absolute Gasteiger partial charge is 0.417 e. The van der Waals surface area contributed by atoms with Crippen LogP contribution in [0.25, 0.3) is 0 Å². The Balaban J connectivity index is 1.57. The highest BCUT2D eigenvalue weighted by Gasteiger charge is 2.42. The summed E-state index contributed by atoms with van der Waals surface area (Å²) >= 11 is 0. The van der Waals surface area contributed by atoms with E-state index in [9.17, 15) is 27.6 Å². The van der Waals surface area contributed by atoms with Crippen LogP contribution in [0, 0.1) is 0 Å². The molecule has 0 bridgehead atoms. The van der Waals surface area contributed by atoms with Crippen LogP contribution in [0.1, 0.15) is 33.3 Å². The number of fused-ring (bicyclic) bond motifs is 3. The Morgan fingerprint density at radius 1 is 1.22 bits per heavy atom. The average Bonchev–Trinajstić information content (AvgIpc) is 2.77. The number of carbonyl (C=O) groups is 3. The van der Waals surface area contributed by atoms with Gasteiger partial charge in [-0.2, -0.15) is 13.2 Å². The molecule has 168 valence electrons. The van der Waals surface area contributed by atoms with Gasteiger partial charge in [0.25, 0.3) is 11.8 Å². The summed E-state index contributed by atoms with van der Waals surface area (Å²) in [6.45, 7) is 2.30. The molecule has 2 aliphatic heterocycles. The van der Waals surface area contributed by atoms with Crippen LogP contribution in [0.3, 0.4) is 0 Å². The van der Waals surface area contributed by atoms with Crippen LogP contribution in [-0.2, 0) is 11.0 Å².